The van der Waals surface area contributed by atoms with E-state index in [1.165, 1.54) is 7.11 Å². The van der Waals surface area contributed by atoms with Crippen LogP contribution in [0, 0.1) is 5.92 Å². The molecule has 0 amide bonds. The van der Waals surface area contributed by atoms with E-state index in [4.69, 9.17) is 10.5 Å². The average Bonchev–Trinajstić information content (AvgIpc) is 2.14. The Morgan fingerprint density at radius 2 is 1.93 bits per heavy atom. The average molecular weight is 201 g/mol. The van der Waals surface area contributed by atoms with Crippen LogP contribution in [-0.2, 0) is 14.3 Å². The lowest BCUT2D eigenvalue weighted by atomic mass is 9.87. The number of nitrogens with two attached hydrogens (primary N) is 1. The maximum atomic E-state index is 11.2. The van der Waals surface area contributed by atoms with Gasteiger partial charge in [0.25, 0.3) is 0 Å². The zero-order valence-electron chi connectivity index (χ0n) is 9.03. The Labute approximate surface area is 84.7 Å². The quantitative estimate of drug-likeness (QED) is 0.668. The largest absolute Gasteiger partial charge is 0.468 e. The predicted octanol–water partition coefficient (Wildman–Crippen LogP) is 0.690. The van der Waals surface area contributed by atoms with Crippen LogP contribution in [0.1, 0.15) is 26.7 Å². The first-order valence-electron chi connectivity index (χ1n) is 5.03. The van der Waals surface area contributed by atoms with Crippen LogP contribution in [0.25, 0.3) is 0 Å². The summed E-state index contributed by atoms with van der Waals surface area (Å²) in [5.41, 5.74) is 5.80. The van der Waals surface area contributed by atoms with Gasteiger partial charge in [0.05, 0.1) is 19.3 Å². The van der Waals surface area contributed by atoms with Crippen molar-refractivity contribution in [1.29, 1.82) is 0 Å². The standard InChI is InChI=1S/C10H19NO3/c1-6-4-8(5-7(2)14-6)9(11)10(12)13-3/h6-9H,4-5,11H2,1-3H3/t6-,7-,9?/m1/s1. The first-order valence-corrected chi connectivity index (χ1v) is 5.03. The fraction of sp³-hybridized carbons (Fsp3) is 0.900. The Balaban J connectivity index is 2.54. The van der Waals surface area contributed by atoms with E-state index in [0.717, 1.165) is 12.8 Å². The second-order valence-electron chi connectivity index (χ2n) is 4.04. The molecule has 82 valence electrons. The highest BCUT2D eigenvalue weighted by atomic mass is 16.5. The summed E-state index contributed by atoms with van der Waals surface area (Å²) in [6.45, 7) is 4.01. The fourth-order valence-electron chi connectivity index (χ4n) is 2.08. The third-order valence-electron chi connectivity index (χ3n) is 2.72. The highest BCUT2D eigenvalue weighted by Crippen LogP contribution is 2.26. The minimum Gasteiger partial charge on any atom is -0.468 e. The van der Waals surface area contributed by atoms with Gasteiger partial charge >= 0.3 is 5.97 Å². The Kier molecular flexibility index (Phi) is 3.89. The van der Waals surface area contributed by atoms with Crippen molar-refractivity contribution in [3.8, 4) is 0 Å². The van der Waals surface area contributed by atoms with Crippen LogP contribution in [0.2, 0.25) is 0 Å². The molecule has 0 aromatic heterocycles. The molecule has 1 saturated heterocycles. The van der Waals surface area contributed by atoms with Crippen LogP contribution in [0.3, 0.4) is 0 Å². The molecule has 1 rings (SSSR count). The van der Waals surface area contributed by atoms with Crippen molar-refractivity contribution >= 4 is 5.97 Å². The number of carbonyl (C=O) groups excluding carboxylic acids is 1. The second kappa shape index (κ2) is 4.75. The van der Waals surface area contributed by atoms with Gasteiger partial charge in [0.1, 0.15) is 6.04 Å². The lowest BCUT2D eigenvalue weighted by Gasteiger charge is -2.34. The first-order chi connectivity index (χ1) is 6.54. The number of carbonyl (C=O) groups is 1. The van der Waals surface area contributed by atoms with Crippen LogP contribution < -0.4 is 5.73 Å². The number of rotatable bonds is 2. The summed E-state index contributed by atoms with van der Waals surface area (Å²) >= 11 is 0. The zero-order chi connectivity index (χ0) is 10.7. The lowest BCUT2D eigenvalue weighted by molar-refractivity contribution is -0.145. The number of ether oxygens (including phenoxy) is 2. The highest BCUT2D eigenvalue weighted by molar-refractivity contribution is 5.75. The normalized spacial score (nSPS) is 35.0. The molecule has 1 aliphatic rings. The maximum Gasteiger partial charge on any atom is 0.322 e. The van der Waals surface area contributed by atoms with Gasteiger partial charge in [-0.3, -0.25) is 4.79 Å². The fourth-order valence-corrected chi connectivity index (χ4v) is 2.08. The van der Waals surface area contributed by atoms with E-state index in [9.17, 15) is 4.79 Å². The zero-order valence-corrected chi connectivity index (χ0v) is 9.03. The molecule has 0 aromatic rings. The van der Waals surface area contributed by atoms with Crippen LogP contribution in [0.5, 0.6) is 0 Å². The molecule has 0 aliphatic carbocycles. The summed E-state index contributed by atoms with van der Waals surface area (Å²) in [4.78, 5) is 11.2. The predicted molar refractivity (Wildman–Crippen MR) is 52.7 cm³/mol. The van der Waals surface area contributed by atoms with Gasteiger partial charge < -0.3 is 15.2 Å². The van der Waals surface area contributed by atoms with Gasteiger partial charge in [-0.25, -0.2) is 0 Å². The summed E-state index contributed by atoms with van der Waals surface area (Å²) in [5, 5.41) is 0. The third kappa shape index (κ3) is 2.69. The lowest BCUT2D eigenvalue weighted by Crippen LogP contribution is -2.44. The first kappa shape index (κ1) is 11.5. The minimum absolute atomic E-state index is 0.180. The maximum absolute atomic E-state index is 11.2. The Bertz CT molecular complexity index is 198. The summed E-state index contributed by atoms with van der Waals surface area (Å²) in [6.07, 6.45) is 2.03. The van der Waals surface area contributed by atoms with E-state index >= 15 is 0 Å². The molecule has 0 aromatic carbocycles. The summed E-state index contributed by atoms with van der Waals surface area (Å²) < 4.78 is 10.2. The van der Waals surface area contributed by atoms with Crippen molar-refractivity contribution in [2.24, 2.45) is 11.7 Å². The minimum atomic E-state index is -0.506. The third-order valence-corrected chi connectivity index (χ3v) is 2.72. The van der Waals surface area contributed by atoms with E-state index in [1.807, 2.05) is 13.8 Å². The van der Waals surface area contributed by atoms with Crippen LogP contribution in [0.4, 0.5) is 0 Å². The van der Waals surface area contributed by atoms with E-state index in [2.05, 4.69) is 4.74 Å². The number of hydrogen-bond donors (Lipinski definition) is 1. The molecule has 4 heteroatoms. The Morgan fingerprint density at radius 3 is 2.36 bits per heavy atom. The van der Waals surface area contributed by atoms with Gasteiger partial charge in [0.2, 0.25) is 0 Å². The molecular weight excluding hydrogens is 182 g/mol. The molecule has 0 bridgehead atoms. The second-order valence-corrected chi connectivity index (χ2v) is 4.04. The van der Waals surface area contributed by atoms with Gasteiger partial charge in [-0.05, 0) is 32.6 Å². The highest BCUT2D eigenvalue weighted by Gasteiger charge is 2.32. The summed E-state index contributed by atoms with van der Waals surface area (Å²) in [6, 6.07) is -0.506. The van der Waals surface area contributed by atoms with Crippen molar-refractivity contribution in [2.75, 3.05) is 7.11 Å². The molecule has 4 nitrogen and oxygen atoms in total. The van der Waals surface area contributed by atoms with Crippen LogP contribution >= 0.6 is 0 Å². The van der Waals surface area contributed by atoms with E-state index < -0.39 is 6.04 Å². The molecule has 0 radical (unpaired) electrons. The van der Waals surface area contributed by atoms with Crippen molar-refractivity contribution in [3.05, 3.63) is 0 Å². The van der Waals surface area contributed by atoms with Gasteiger partial charge in [-0.1, -0.05) is 0 Å². The molecule has 3 atom stereocenters. The van der Waals surface area contributed by atoms with Crippen molar-refractivity contribution in [3.63, 3.8) is 0 Å². The number of methoxy groups -OCH3 is 1. The van der Waals surface area contributed by atoms with Crippen LogP contribution in [0.15, 0.2) is 0 Å². The van der Waals surface area contributed by atoms with Crippen molar-refractivity contribution < 1.29 is 14.3 Å². The molecule has 1 unspecified atom stereocenters. The van der Waals surface area contributed by atoms with Crippen LogP contribution in [-0.4, -0.2) is 31.3 Å². The van der Waals surface area contributed by atoms with E-state index in [0.29, 0.717) is 0 Å². The molecule has 0 spiro atoms. The molecular formula is C10H19NO3. The molecule has 1 aliphatic heterocycles. The molecule has 0 saturated carbocycles. The van der Waals surface area contributed by atoms with Crippen molar-refractivity contribution in [2.45, 2.75) is 44.9 Å². The van der Waals surface area contributed by atoms with E-state index in [1.54, 1.807) is 0 Å². The number of esters is 1. The van der Waals surface area contributed by atoms with Gasteiger partial charge in [0.15, 0.2) is 0 Å². The monoisotopic (exact) mass is 201 g/mol. The van der Waals surface area contributed by atoms with Gasteiger partial charge in [-0.15, -0.1) is 0 Å². The molecule has 2 N–H and O–H groups in total. The molecule has 1 heterocycles. The SMILES string of the molecule is COC(=O)C(N)C1C[C@@H](C)O[C@H](C)C1. The van der Waals surface area contributed by atoms with E-state index in [-0.39, 0.29) is 24.1 Å². The Morgan fingerprint density at radius 1 is 1.43 bits per heavy atom. The summed E-state index contributed by atoms with van der Waals surface area (Å²) in [7, 11) is 1.37. The summed E-state index contributed by atoms with van der Waals surface area (Å²) in [5.74, 6) is -0.141. The topological polar surface area (TPSA) is 61.5 Å². The number of hydrogen-bond acceptors (Lipinski definition) is 4. The van der Waals surface area contributed by atoms with Crippen molar-refractivity contribution in [1.82, 2.24) is 0 Å². The smallest absolute Gasteiger partial charge is 0.322 e. The molecule has 1 fully saturated rings. The van der Waals surface area contributed by atoms with Gasteiger partial charge in [-0.2, -0.15) is 0 Å². The van der Waals surface area contributed by atoms with Gasteiger partial charge in [0, 0.05) is 0 Å². The molecule has 14 heavy (non-hydrogen) atoms. The Hall–Kier alpha value is -0.610.